The summed E-state index contributed by atoms with van der Waals surface area (Å²) in [5, 5.41) is 8.56. The maximum Gasteiger partial charge on any atom is 0.237 e. The second-order valence-electron chi connectivity index (χ2n) is 5.59. The van der Waals surface area contributed by atoms with Crippen LogP contribution in [0.5, 0.6) is 0 Å². The number of benzene rings is 1. The molecule has 1 saturated carbocycles. The number of halogens is 3. The van der Waals surface area contributed by atoms with Crippen LogP contribution >= 0.6 is 35.6 Å². The van der Waals surface area contributed by atoms with Gasteiger partial charge in [0.05, 0.1) is 5.41 Å². The molecule has 0 radical (unpaired) electrons. The van der Waals surface area contributed by atoms with Crippen LogP contribution in [0.2, 0.25) is 10.0 Å². The molecule has 1 aromatic carbocycles. The molecule has 1 heterocycles. The fraction of sp³-hybridized carbons (Fsp3) is 0.467. The number of nitrogens with one attached hydrogen (secondary N) is 1. The minimum absolute atomic E-state index is 0. The van der Waals surface area contributed by atoms with E-state index in [1.807, 2.05) is 25.2 Å². The summed E-state index contributed by atoms with van der Waals surface area (Å²) in [6.07, 6.45) is 2.59. The lowest BCUT2D eigenvalue weighted by molar-refractivity contribution is 0.354. The first-order valence-electron chi connectivity index (χ1n) is 7.01. The van der Waals surface area contributed by atoms with Gasteiger partial charge in [-0.05, 0) is 38.9 Å². The van der Waals surface area contributed by atoms with Crippen LogP contribution in [0.25, 0.3) is 0 Å². The molecule has 1 atom stereocenters. The summed E-state index contributed by atoms with van der Waals surface area (Å²) in [5.41, 5.74) is 0.606. The minimum Gasteiger partial charge on any atom is -0.338 e. The van der Waals surface area contributed by atoms with Crippen molar-refractivity contribution in [1.29, 1.82) is 0 Å². The predicted molar refractivity (Wildman–Crippen MR) is 90.2 cm³/mol. The number of aromatic nitrogens is 2. The molecule has 0 amide bonds. The Morgan fingerprint density at radius 1 is 1.32 bits per heavy atom. The lowest BCUT2D eigenvalue weighted by Gasteiger charge is -2.14. The van der Waals surface area contributed by atoms with E-state index in [2.05, 4.69) is 22.4 Å². The summed E-state index contributed by atoms with van der Waals surface area (Å²) < 4.78 is 5.50. The van der Waals surface area contributed by atoms with E-state index in [0.717, 1.165) is 24.8 Å². The van der Waals surface area contributed by atoms with Crippen molar-refractivity contribution >= 4 is 35.6 Å². The van der Waals surface area contributed by atoms with Crippen LogP contribution in [0.4, 0.5) is 0 Å². The molecule has 7 heteroatoms. The first-order chi connectivity index (χ1) is 10.1. The van der Waals surface area contributed by atoms with Crippen molar-refractivity contribution in [2.45, 2.75) is 37.6 Å². The lowest BCUT2D eigenvalue weighted by atomic mass is 9.95. The lowest BCUT2D eigenvalue weighted by Crippen LogP contribution is -2.24. The zero-order valence-corrected chi connectivity index (χ0v) is 14.7. The summed E-state index contributed by atoms with van der Waals surface area (Å²) in [6, 6.07) is 5.85. The van der Waals surface area contributed by atoms with Crippen LogP contribution in [0.1, 0.15) is 37.0 Å². The highest BCUT2D eigenvalue weighted by atomic mass is 35.5. The summed E-state index contributed by atoms with van der Waals surface area (Å²) in [5.74, 6) is 1.33. The zero-order valence-electron chi connectivity index (χ0n) is 12.4. The third-order valence-electron chi connectivity index (χ3n) is 4.05. The molecule has 4 nitrogen and oxygen atoms in total. The third kappa shape index (κ3) is 3.11. The maximum absolute atomic E-state index is 6.33. The number of hydrogen-bond acceptors (Lipinski definition) is 4. The van der Waals surface area contributed by atoms with Crippen molar-refractivity contribution in [2.75, 3.05) is 7.05 Å². The van der Waals surface area contributed by atoms with E-state index in [1.54, 1.807) is 0 Å². The van der Waals surface area contributed by atoms with Gasteiger partial charge in [-0.3, -0.25) is 0 Å². The third-order valence-corrected chi connectivity index (χ3v) is 4.68. The largest absolute Gasteiger partial charge is 0.338 e. The van der Waals surface area contributed by atoms with Gasteiger partial charge in [-0.2, -0.15) is 4.98 Å². The van der Waals surface area contributed by atoms with E-state index >= 15 is 0 Å². The molecular weight excluding hydrogens is 345 g/mol. The highest BCUT2D eigenvalue weighted by molar-refractivity contribution is 6.36. The van der Waals surface area contributed by atoms with Gasteiger partial charge in [-0.25, -0.2) is 0 Å². The second-order valence-corrected chi connectivity index (χ2v) is 6.40. The van der Waals surface area contributed by atoms with Crippen LogP contribution in [0.15, 0.2) is 22.7 Å². The van der Waals surface area contributed by atoms with Gasteiger partial charge in [0.25, 0.3) is 0 Å². The van der Waals surface area contributed by atoms with E-state index in [9.17, 15) is 0 Å². The van der Waals surface area contributed by atoms with E-state index in [0.29, 0.717) is 27.8 Å². The Morgan fingerprint density at radius 2 is 1.95 bits per heavy atom. The molecular formula is C15H18Cl3N3O. The van der Waals surface area contributed by atoms with Gasteiger partial charge in [-0.15, -0.1) is 12.4 Å². The molecule has 0 saturated heterocycles. The molecule has 0 aliphatic heterocycles. The molecule has 1 N–H and O–H groups in total. The normalized spacial score (nSPS) is 16.9. The van der Waals surface area contributed by atoms with E-state index in [1.165, 1.54) is 0 Å². The summed E-state index contributed by atoms with van der Waals surface area (Å²) in [7, 11) is 1.91. The second kappa shape index (κ2) is 6.75. The zero-order chi connectivity index (χ0) is 15.0. The molecule has 1 aromatic heterocycles. The van der Waals surface area contributed by atoms with Gasteiger partial charge < -0.3 is 9.84 Å². The van der Waals surface area contributed by atoms with Crippen LogP contribution < -0.4 is 5.32 Å². The summed E-state index contributed by atoms with van der Waals surface area (Å²) >= 11 is 12.7. The average molecular weight is 363 g/mol. The van der Waals surface area contributed by atoms with Crippen molar-refractivity contribution in [1.82, 2.24) is 15.5 Å². The highest BCUT2D eigenvalue weighted by Gasteiger charge is 2.53. The Hall–Kier alpha value is -0.810. The van der Waals surface area contributed by atoms with Gasteiger partial charge in [0.1, 0.15) is 0 Å². The van der Waals surface area contributed by atoms with E-state index < -0.39 is 0 Å². The fourth-order valence-corrected chi connectivity index (χ4v) is 3.32. The van der Waals surface area contributed by atoms with E-state index in [4.69, 9.17) is 27.7 Å². The van der Waals surface area contributed by atoms with Crippen molar-refractivity contribution < 1.29 is 4.52 Å². The Morgan fingerprint density at radius 3 is 2.50 bits per heavy atom. The summed E-state index contributed by atoms with van der Waals surface area (Å²) in [6.45, 7) is 2.08. The van der Waals surface area contributed by atoms with Crippen molar-refractivity contribution in [3.8, 4) is 0 Å². The van der Waals surface area contributed by atoms with Crippen molar-refractivity contribution in [3.05, 3.63) is 45.5 Å². The van der Waals surface area contributed by atoms with E-state index in [-0.39, 0.29) is 17.8 Å². The van der Waals surface area contributed by atoms with Gasteiger partial charge in [0, 0.05) is 28.1 Å². The smallest absolute Gasteiger partial charge is 0.237 e. The van der Waals surface area contributed by atoms with Crippen LogP contribution in [-0.4, -0.2) is 23.2 Å². The van der Waals surface area contributed by atoms with Gasteiger partial charge in [0.2, 0.25) is 5.89 Å². The fourth-order valence-electron chi connectivity index (χ4n) is 2.56. The molecule has 3 rings (SSSR count). The first kappa shape index (κ1) is 17.5. The Kier molecular flexibility index (Phi) is 5.38. The highest BCUT2D eigenvalue weighted by Crippen LogP contribution is 2.56. The van der Waals surface area contributed by atoms with Gasteiger partial charge in [0.15, 0.2) is 5.82 Å². The SMILES string of the molecule is CNC(C)Cc1noc(C2(c3c(Cl)cccc3Cl)CC2)n1.Cl. The van der Waals surface area contributed by atoms with Crippen molar-refractivity contribution in [3.63, 3.8) is 0 Å². The quantitative estimate of drug-likeness (QED) is 0.872. The van der Waals surface area contributed by atoms with Gasteiger partial charge >= 0.3 is 0 Å². The first-order valence-corrected chi connectivity index (χ1v) is 7.77. The monoisotopic (exact) mass is 361 g/mol. The summed E-state index contributed by atoms with van der Waals surface area (Å²) in [4.78, 5) is 4.56. The average Bonchev–Trinajstić information content (AvgIpc) is 3.11. The Balaban J connectivity index is 0.00000176. The molecule has 0 spiro atoms. The topological polar surface area (TPSA) is 51.0 Å². The molecule has 1 aliphatic rings. The number of rotatable bonds is 5. The molecule has 0 bridgehead atoms. The Bertz CT molecular complexity index is 635. The number of hydrogen-bond donors (Lipinski definition) is 1. The predicted octanol–water partition coefficient (Wildman–Crippen LogP) is 4.03. The standard InChI is InChI=1S/C15H17Cl2N3O.ClH/c1-9(18-2)8-12-19-14(21-20-12)15(6-7-15)13-10(16)4-3-5-11(13)17;/h3-5,9,18H,6-8H2,1-2H3;1H. The molecule has 2 aromatic rings. The molecule has 22 heavy (non-hydrogen) atoms. The molecule has 1 aliphatic carbocycles. The van der Waals surface area contributed by atoms with Crippen molar-refractivity contribution in [2.24, 2.45) is 0 Å². The Labute approximate surface area is 146 Å². The van der Waals surface area contributed by atoms with Crippen LogP contribution in [0, 0.1) is 0 Å². The number of likely N-dealkylation sites (N-methyl/N-ethyl adjacent to an activating group) is 1. The molecule has 120 valence electrons. The van der Waals surface area contributed by atoms with Gasteiger partial charge in [-0.1, -0.05) is 34.4 Å². The van der Waals surface area contributed by atoms with Crippen LogP contribution in [0.3, 0.4) is 0 Å². The van der Waals surface area contributed by atoms with Crippen LogP contribution in [-0.2, 0) is 11.8 Å². The molecule has 1 fully saturated rings. The number of nitrogens with zero attached hydrogens (tertiary/aromatic N) is 2. The molecule has 1 unspecified atom stereocenters. The maximum atomic E-state index is 6.33. The minimum atomic E-state index is -0.302.